The number of rotatable bonds is 5. The molecule has 2 N–H and O–H groups in total. The highest BCUT2D eigenvalue weighted by Gasteiger charge is 2.20. The largest absolute Gasteiger partial charge is 0.382 e. The maximum Gasteiger partial charge on any atom is 0.159 e. The summed E-state index contributed by atoms with van der Waals surface area (Å²) in [6.07, 6.45) is 3.45. The molecule has 0 radical (unpaired) electrons. The van der Waals surface area contributed by atoms with E-state index in [-0.39, 0.29) is 6.04 Å². The van der Waals surface area contributed by atoms with Crippen molar-refractivity contribution in [1.29, 1.82) is 0 Å². The van der Waals surface area contributed by atoms with Crippen molar-refractivity contribution in [1.82, 2.24) is 15.0 Å². The first-order valence-corrected chi connectivity index (χ1v) is 10.6. The summed E-state index contributed by atoms with van der Waals surface area (Å²) in [5.41, 5.74) is 4.40. The summed E-state index contributed by atoms with van der Waals surface area (Å²) in [6, 6.07) is 16.3. The normalized spacial score (nSPS) is 12.7. The minimum absolute atomic E-state index is 0.0711. The van der Waals surface area contributed by atoms with Crippen molar-refractivity contribution in [2.45, 2.75) is 39.3 Å². The van der Waals surface area contributed by atoms with Gasteiger partial charge in [0.15, 0.2) is 5.82 Å². The van der Waals surface area contributed by atoms with E-state index in [0.29, 0.717) is 10.8 Å². The average molecular weight is 433 g/mol. The van der Waals surface area contributed by atoms with Crippen LogP contribution in [0, 0.1) is 6.92 Å². The molecular formula is C25H25ClN4O. The minimum Gasteiger partial charge on any atom is -0.382 e. The van der Waals surface area contributed by atoms with Crippen LogP contribution in [-0.4, -0.2) is 20.1 Å². The first-order valence-electron chi connectivity index (χ1n) is 10.2. The van der Waals surface area contributed by atoms with Gasteiger partial charge in [-0.25, -0.2) is 9.97 Å². The van der Waals surface area contributed by atoms with Crippen LogP contribution in [0.3, 0.4) is 0 Å². The molecule has 0 unspecified atom stereocenters. The first-order chi connectivity index (χ1) is 14.7. The van der Waals surface area contributed by atoms with E-state index < -0.39 is 5.60 Å². The molecule has 5 nitrogen and oxygen atoms in total. The highest BCUT2D eigenvalue weighted by Crippen LogP contribution is 2.37. The molecule has 2 heterocycles. The van der Waals surface area contributed by atoms with Crippen molar-refractivity contribution in [3.63, 3.8) is 0 Å². The van der Waals surface area contributed by atoms with E-state index in [1.54, 1.807) is 26.2 Å². The molecule has 0 bridgehead atoms. The fourth-order valence-corrected chi connectivity index (χ4v) is 3.72. The van der Waals surface area contributed by atoms with Crippen LogP contribution in [0.25, 0.3) is 22.0 Å². The van der Waals surface area contributed by atoms with Gasteiger partial charge in [0.05, 0.1) is 21.9 Å². The molecular weight excluding hydrogens is 408 g/mol. The number of halogens is 1. The third kappa shape index (κ3) is 4.38. The third-order valence-electron chi connectivity index (χ3n) is 5.28. The van der Waals surface area contributed by atoms with Gasteiger partial charge in [0.1, 0.15) is 5.60 Å². The third-order valence-corrected chi connectivity index (χ3v) is 5.75. The highest BCUT2D eigenvalue weighted by atomic mass is 35.5. The number of aliphatic hydroxyl groups is 1. The van der Waals surface area contributed by atoms with Gasteiger partial charge in [0.2, 0.25) is 0 Å². The van der Waals surface area contributed by atoms with Gasteiger partial charge in [-0.1, -0.05) is 48.0 Å². The molecule has 2 aromatic heterocycles. The number of hydrogen-bond donors (Lipinski definition) is 2. The van der Waals surface area contributed by atoms with Crippen LogP contribution in [0.2, 0.25) is 5.02 Å². The summed E-state index contributed by atoms with van der Waals surface area (Å²) in [6.45, 7) is 7.36. The summed E-state index contributed by atoms with van der Waals surface area (Å²) in [4.78, 5) is 13.3. The number of benzene rings is 2. The Hall–Kier alpha value is -3.02. The fraction of sp³-hybridized carbons (Fsp3) is 0.240. The van der Waals surface area contributed by atoms with Gasteiger partial charge in [0, 0.05) is 29.4 Å². The summed E-state index contributed by atoms with van der Waals surface area (Å²) >= 11 is 6.70. The van der Waals surface area contributed by atoms with Crippen molar-refractivity contribution in [2.75, 3.05) is 5.32 Å². The van der Waals surface area contributed by atoms with Gasteiger partial charge < -0.3 is 10.4 Å². The number of nitrogens with one attached hydrogen (secondary N) is 1. The van der Waals surface area contributed by atoms with Crippen molar-refractivity contribution in [3.8, 4) is 11.1 Å². The lowest BCUT2D eigenvalue weighted by atomic mass is 10.0. The number of pyridine rings is 1. The molecule has 2 aromatic carbocycles. The van der Waals surface area contributed by atoms with E-state index in [0.717, 1.165) is 33.4 Å². The SMILES string of the molecule is Cc1nc2ccc(-c3cnc(C(C)(C)O)nc3)cc2c(N[C@H](C)c2ccccc2)c1Cl. The topological polar surface area (TPSA) is 70.9 Å². The molecule has 0 aliphatic carbocycles. The van der Waals surface area contributed by atoms with E-state index >= 15 is 0 Å². The number of fused-ring (bicyclic) bond motifs is 1. The van der Waals surface area contributed by atoms with Crippen molar-refractivity contribution in [2.24, 2.45) is 0 Å². The van der Waals surface area contributed by atoms with Crippen LogP contribution < -0.4 is 5.32 Å². The Kier molecular flexibility index (Phi) is 5.65. The Bertz CT molecular complexity index is 1220. The zero-order chi connectivity index (χ0) is 22.2. The molecule has 0 saturated carbocycles. The number of aryl methyl sites for hydroxylation is 1. The molecule has 0 amide bonds. The zero-order valence-corrected chi connectivity index (χ0v) is 18.8. The van der Waals surface area contributed by atoms with Crippen molar-refractivity contribution in [3.05, 3.63) is 83.0 Å². The van der Waals surface area contributed by atoms with Crippen LogP contribution in [0.4, 0.5) is 5.69 Å². The first kappa shape index (κ1) is 21.2. The molecule has 4 aromatic rings. The second-order valence-corrected chi connectivity index (χ2v) is 8.63. The molecule has 6 heteroatoms. The predicted molar refractivity (Wildman–Crippen MR) is 126 cm³/mol. The minimum atomic E-state index is -1.08. The Morgan fingerprint density at radius 3 is 2.32 bits per heavy atom. The lowest BCUT2D eigenvalue weighted by Gasteiger charge is -2.20. The number of hydrogen-bond acceptors (Lipinski definition) is 5. The number of nitrogens with zero attached hydrogens (tertiary/aromatic N) is 3. The molecule has 0 spiro atoms. The second-order valence-electron chi connectivity index (χ2n) is 8.25. The van der Waals surface area contributed by atoms with E-state index in [2.05, 4.69) is 45.4 Å². The molecule has 4 rings (SSSR count). The average Bonchev–Trinajstić information content (AvgIpc) is 2.76. The Morgan fingerprint density at radius 2 is 1.68 bits per heavy atom. The molecule has 1 atom stereocenters. The standard InChI is InChI=1S/C25H25ClN4O/c1-15(17-8-6-5-7-9-17)30-23-20-12-18(10-11-21(20)29-16(2)22(23)26)19-13-27-24(28-14-19)25(3,4)31/h5-15,31H,1-4H3,(H,29,30)/t15-/m1/s1. The van der Waals surface area contributed by atoms with E-state index in [9.17, 15) is 5.11 Å². The van der Waals surface area contributed by atoms with Crippen molar-refractivity contribution < 1.29 is 5.11 Å². The quantitative estimate of drug-likeness (QED) is 0.401. The van der Waals surface area contributed by atoms with Gasteiger partial charge >= 0.3 is 0 Å². The van der Waals surface area contributed by atoms with Crippen LogP contribution in [0.5, 0.6) is 0 Å². The Balaban J connectivity index is 1.78. The van der Waals surface area contributed by atoms with Gasteiger partial charge in [-0.2, -0.15) is 0 Å². The second kappa shape index (κ2) is 8.25. The summed E-state index contributed by atoms with van der Waals surface area (Å²) < 4.78 is 0. The Labute approximate surface area is 187 Å². The van der Waals surface area contributed by atoms with Gasteiger partial charge in [-0.3, -0.25) is 4.98 Å². The maximum atomic E-state index is 10.1. The fourth-order valence-electron chi connectivity index (χ4n) is 3.52. The maximum absolute atomic E-state index is 10.1. The van der Waals surface area contributed by atoms with Crippen LogP contribution >= 0.6 is 11.6 Å². The molecule has 0 fully saturated rings. The molecule has 0 aliphatic rings. The monoisotopic (exact) mass is 432 g/mol. The molecule has 0 saturated heterocycles. The lowest BCUT2D eigenvalue weighted by molar-refractivity contribution is 0.0687. The molecule has 31 heavy (non-hydrogen) atoms. The smallest absolute Gasteiger partial charge is 0.159 e. The van der Waals surface area contributed by atoms with E-state index in [1.165, 1.54) is 5.56 Å². The highest BCUT2D eigenvalue weighted by molar-refractivity contribution is 6.35. The Morgan fingerprint density at radius 1 is 1.00 bits per heavy atom. The lowest BCUT2D eigenvalue weighted by Crippen LogP contribution is -2.19. The molecule has 158 valence electrons. The van der Waals surface area contributed by atoms with E-state index in [4.69, 9.17) is 11.6 Å². The van der Waals surface area contributed by atoms with Gasteiger partial charge in [-0.05, 0) is 51.0 Å². The van der Waals surface area contributed by atoms with Gasteiger partial charge in [0.25, 0.3) is 0 Å². The number of anilines is 1. The molecule has 0 aliphatic heterocycles. The van der Waals surface area contributed by atoms with Crippen molar-refractivity contribution >= 4 is 28.2 Å². The van der Waals surface area contributed by atoms with Gasteiger partial charge in [-0.15, -0.1) is 0 Å². The zero-order valence-electron chi connectivity index (χ0n) is 18.0. The van der Waals surface area contributed by atoms with Crippen LogP contribution in [-0.2, 0) is 5.60 Å². The predicted octanol–water partition coefficient (Wildman–Crippen LogP) is 6.05. The van der Waals surface area contributed by atoms with E-state index in [1.807, 2.05) is 37.3 Å². The van der Waals surface area contributed by atoms with Crippen LogP contribution in [0.15, 0.2) is 60.9 Å². The van der Waals surface area contributed by atoms with Crippen LogP contribution in [0.1, 0.15) is 43.9 Å². The summed E-state index contributed by atoms with van der Waals surface area (Å²) in [7, 11) is 0. The number of aromatic nitrogens is 3. The summed E-state index contributed by atoms with van der Waals surface area (Å²) in [5.74, 6) is 0.386. The summed E-state index contributed by atoms with van der Waals surface area (Å²) in [5, 5.41) is 15.2.